The SMILES string of the molecule is CCCCC(CC)(CNC)CC1Cc2cc(F)ccc2O1. The van der Waals surface area contributed by atoms with Crippen molar-refractivity contribution in [3.8, 4) is 5.75 Å². The molecule has 0 saturated heterocycles. The van der Waals surface area contributed by atoms with E-state index in [1.165, 1.54) is 25.3 Å². The van der Waals surface area contributed by atoms with E-state index < -0.39 is 0 Å². The van der Waals surface area contributed by atoms with Crippen LogP contribution in [0.25, 0.3) is 0 Å². The Hall–Kier alpha value is -1.09. The predicted octanol–water partition coefficient (Wildman–Crippen LogP) is 4.33. The first-order chi connectivity index (χ1) is 10.1. The third-order valence-corrected chi connectivity index (χ3v) is 4.79. The third-order valence-electron chi connectivity index (χ3n) is 4.79. The summed E-state index contributed by atoms with van der Waals surface area (Å²) in [5, 5.41) is 3.36. The molecule has 2 atom stereocenters. The Morgan fingerprint density at radius 2 is 2.19 bits per heavy atom. The van der Waals surface area contributed by atoms with Crippen LogP contribution in [0.4, 0.5) is 4.39 Å². The summed E-state index contributed by atoms with van der Waals surface area (Å²) in [5.74, 6) is 0.701. The van der Waals surface area contributed by atoms with E-state index in [2.05, 4.69) is 19.2 Å². The van der Waals surface area contributed by atoms with Crippen molar-refractivity contribution in [2.75, 3.05) is 13.6 Å². The van der Waals surface area contributed by atoms with Crippen LogP contribution in [0.5, 0.6) is 5.75 Å². The summed E-state index contributed by atoms with van der Waals surface area (Å²) >= 11 is 0. The average molecular weight is 293 g/mol. The quantitative estimate of drug-likeness (QED) is 0.770. The first-order valence-electron chi connectivity index (χ1n) is 8.22. The van der Waals surface area contributed by atoms with Gasteiger partial charge >= 0.3 is 0 Å². The first kappa shape index (κ1) is 16.3. The minimum absolute atomic E-state index is 0.166. The highest BCUT2D eigenvalue weighted by Gasteiger charge is 2.34. The Balaban J connectivity index is 2.04. The van der Waals surface area contributed by atoms with Crippen molar-refractivity contribution in [2.24, 2.45) is 5.41 Å². The van der Waals surface area contributed by atoms with Crippen molar-refractivity contribution in [1.82, 2.24) is 5.32 Å². The maximum atomic E-state index is 13.3. The van der Waals surface area contributed by atoms with Crippen molar-refractivity contribution in [3.63, 3.8) is 0 Å². The Morgan fingerprint density at radius 1 is 1.38 bits per heavy atom. The summed E-state index contributed by atoms with van der Waals surface area (Å²) in [5.41, 5.74) is 1.31. The predicted molar refractivity (Wildman–Crippen MR) is 85.3 cm³/mol. The van der Waals surface area contributed by atoms with Gasteiger partial charge < -0.3 is 10.1 Å². The second-order valence-electron chi connectivity index (χ2n) is 6.39. The topological polar surface area (TPSA) is 21.3 Å². The van der Waals surface area contributed by atoms with Gasteiger partial charge in [-0.05, 0) is 49.9 Å². The van der Waals surface area contributed by atoms with Crippen LogP contribution in [0.2, 0.25) is 0 Å². The van der Waals surface area contributed by atoms with E-state index in [4.69, 9.17) is 4.74 Å². The number of unbranched alkanes of at least 4 members (excludes halogenated alkanes) is 1. The minimum atomic E-state index is -0.166. The molecule has 2 nitrogen and oxygen atoms in total. The molecule has 1 aliphatic heterocycles. The third kappa shape index (κ3) is 3.97. The highest BCUT2D eigenvalue weighted by Crippen LogP contribution is 2.39. The zero-order chi connectivity index (χ0) is 15.3. The van der Waals surface area contributed by atoms with Gasteiger partial charge in [0.05, 0.1) is 0 Å². The zero-order valence-electron chi connectivity index (χ0n) is 13.5. The Bertz CT molecular complexity index is 463. The van der Waals surface area contributed by atoms with E-state index in [0.29, 0.717) is 0 Å². The van der Waals surface area contributed by atoms with Crippen molar-refractivity contribution < 1.29 is 9.13 Å². The maximum absolute atomic E-state index is 13.3. The molecule has 0 spiro atoms. The lowest BCUT2D eigenvalue weighted by atomic mass is 9.75. The number of nitrogens with one attached hydrogen (secondary N) is 1. The van der Waals surface area contributed by atoms with E-state index in [-0.39, 0.29) is 17.3 Å². The standard InChI is InChI=1S/C18H28FNO/c1-4-6-9-18(5-2,13-20-3)12-16-11-14-10-15(19)7-8-17(14)21-16/h7-8,10,16,20H,4-6,9,11-13H2,1-3H3. The Kier molecular flexibility index (Phi) is 5.63. The van der Waals surface area contributed by atoms with Crippen LogP contribution in [-0.2, 0) is 6.42 Å². The fourth-order valence-corrected chi connectivity index (χ4v) is 3.52. The molecule has 2 rings (SSSR count). The van der Waals surface area contributed by atoms with Gasteiger partial charge in [0.1, 0.15) is 17.7 Å². The summed E-state index contributed by atoms with van der Waals surface area (Å²) in [6.07, 6.45) is 6.92. The molecule has 1 N–H and O–H groups in total. The van der Waals surface area contributed by atoms with Gasteiger partial charge in [-0.3, -0.25) is 0 Å². The second-order valence-corrected chi connectivity index (χ2v) is 6.39. The number of halogens is 1. The highest BCUT2D eigenvalue weighted by atomic mass is 19.1. The summed E-state index contributed by atoms with van der Waals surface area (Å²) in [6, 6.07) is 4.87. The van der Waals surface area contributed by atoms with Crippen LogP contribution < -0.4 is 10.1 Å². The molecular weight excluding hydrogens is 265 g/mol. The number of benzene rings is 1. The molecule has 0 aromatic heterocycles. The summed E-state index contributed by atoms with van der Waals surface area (Å²) in [6.45, 7) is 5.54. The summed E-state index contributed by atoms with van der Waals surface area (Å²) in [7, 11) is 2.02. The molecule has 1 aliphatic rings. The molecule has 21 heavy (non-hydrogen) atoms. The van der Waals surface area contributed by atoms with Crippen molar-refractivity contribution in [1.29, 1.82) is 0 Å². The molecular formula is C18H28FNO. The molecule has 2 unspecified atom stereocenters. The number of hydrogen-bond donors (Lipinski definition) is 1. The lowest BCUT2D eigenvalue weighted by Gasteiger charge is -2.35. The smallest absolute Gasteiger partial charge is 0.123 e. The summed E-state index contributed by atoms with van der Waals surface area (Å²) in [4.78, 5) is 0. The van der Waals surface area contributed by atoms with Gasteiger partial charge in [-0.1, -0.05) is 26.7 Å². The van der Waals surface area contributed by atoms with Crippen molar-refractivity contribution >= 4 is 0 Å². The van der Waals surface area contributed by atoms with Crippen molar-refractivity contribution in [3.05, 3.63) is 29.6 Å². The minimum Gasteiger partial charge on any atom is -0.490 e. The molecule has 3 heteroatoms. The fraction of sp³-hybridized carbons (Fsp3) is 0.667. The molecule has 0 saturated carbocycles. The number of ether oxygens (including phenoxy) is 1. The fourth-order valence-electron chi connectivity index (χ4n) is 3.52. The van der Waals surface area contributed by atoms with Crippen LogP contribution in [-0.4, -0.2) is 19.7 Å². The Labute approximate surface area is 128 Å². The Morgan fingerprint density at radius 3 is 2.86 bits per heavy atom. The molecule has 1 aromatic carbocycles. The number of fused-ring (bicyclic) bond motifs is 1. The van der Waals surface area contributed by atoms with Crippen LogP contribution in [0.1, 0.15) is 51.5 Å². The maximum Gasteiger partial charge on any atom is 0.123 e. The second kappa shape index (κ2) is 7.26. The van der Waals surface area contributed by atoms with Gasteiger partial charge in [-0.15, -0.1) is 0 Å². The average Bonchev–Trinajstić information content (AvgIpc) is 2.86. The van der Waals surface area contributed by atoms with Gasteiger partial charge in [-0.25, -0.2) is 4.39 Å². The van der Waals surface area contributed by atoms with Crippen molar-refractivity contribution in [2.45, 2.75) is 58.5 Å². The van der Waals surface area contributed by atoms with Gasteiger partial charge in [0.25, 0.3) is 0 Å². The van der Waals surface area contributed by atoms with Crippen LogP contribution in [0.3, 0.4) is 0 Å². The van der Waals surface area contributed by atoms with E-state index in [0.717, 1.165) is 37.1 Å². The molecule has 0 aliphatic carbocycles. The highest BCUT2D eigenvalue weighted by molar-refractivity contribution is 5.37. The lowest BCUT2D eigenvalue weighted by Crippen LogP contribution is -2.36. The monoisotopic (exact) mass is 293 g/mol. The molecule has 118 valence electrons. The molecule has 0 bridgehead atoms. The van der Waals surface area contributed by atoms with Crippen LogP contribution in [0, 0.1) is 11.2 Å². The van der Waals surface area contributed by atoms with Crippen LogP contribution in [0.15, 0.2) is 18.2 Å². The number of rotatable bonds is 8. The molecule has 0 radical (unpaired) electrons. The van der Waals surface area contributed by atoms with E-state index in [1.54, 1.807) is 12.1 Å². The van der Waals surface area contributed by atoms with Crippen LogP contribution >= 0.6 is 0 Å². The van der Waals surface area contributed by atoms with Gasteiger partial charge in [-0.2, -0.15) is 0 Å². The lowest BCUT2D eigenvalue weighted by molar-refractivity contribution is 0.118. The largest absolute Gasteiger partial charge is 0.490 e. The van der Waals surface area contributed by atoms with E-state index in [9.17, 15) is 4.39 Å². The molecule has 0 fully saturated rings. The summed E-state index contributed by atoms with van der Waals surface area (Å²) < 4.78 is 19.4. The van der Waals surface area contributed by atoms with E-state index >= 15 is 0 Å². The molecule has 1 heterocycles. The van der Waals surface area contributed by atoms with Gasteiger partial charge in [0, 0.05) is 18.5 Å². The first-order valence-corrected chi connectivity index (χ1v) is 8.22. The normalized spacial score (nSPS) is 19.9. The van der Waals surface area contributed by atoms with Gasteiger partial charge in [0.2, 0.25) is 0 Å². The number of hydrogen-bond acceptors (Lipinski definition) is 2. The molecule has 0 amide bonds. The zero-order valence-corrected chi connectivity index (χ0v) is 13.5. The van der Waals surface area contributed by atoms with E-state index in [1.807, 2.05) is 7.05 Å². The van der Waals surface area contributed by atoms with Gasteiger partial charge in [0.15, 0.2) is 0 Å². The molecule has 1 aromatic rings.